The van der Waals surface area contributed by atoms with Crippen LogP contribution in [0.25, 0.3) is 22.1 Å². The van der Waals surface area contributed by atoms with Gasteiger partial charge in [0.2, 0.25) is 21.2 Å². The molecule has 0 radical (unpaired) electrons. The average molecular weight is 412 g/mol. The number of hydrogen-bond donors (Lipinski definition) is 0. The first-order chi connectivity index (χ1) is 14.5. The van der Waals surface area contributed by atoms with Crippen LogP contribution in [0.15, 0.2) is 48.5 Å². The van der Waals surface area contributed by atoms with Gasteiger partial charge in [-0.05, 0) is 12.1 Å². The van der Waals surface area contributed by atoms with Crippen molar-refractivity contribution in [1.29, 1.82) is 0 Å². The summed E-state index contributed by atoms with van der Waals surface area (Å²) >= 11 is 0. The summed E-state index contributed by atoms with van der Waals surface area (Å²) in [7, 11) is 1.53. The molecule has 0 fully saturated rings. The quantitative estimate of drug-likeness (QED) is 0.332. The summed E-state index contributed by atoms with van der Waals surface area (Å²) in [4.78, 5) is 0.956. The minimum Gasteiger partial charge on any atom is -0.710 e. The van der Waals surface area contributed by atoms with Gasteiger partial charge >= 0.3 is 22.7 Å². The van der Waals surface area contributed by atoms with Gasteiger partial charge in [-0.15, -0.1) is 0 Å². The second kappa shape index (κ2) is 9.09. The Hall–Kier alpha value is -3.86. The number of methoxy groups -OCH3 is 1. The molecule has 11 heteroatoms. The van der Waals surface area contributed by atoms with Crippen molar-refractivity contribution in [3.8, 4) is 0 Å². The molecule has 0 saturated heterocycles. The summed E-state index contributed by atoms with van der Waals surface area (Å²) in [6.07, 6.45) is 0.754. The van der Waals surface area contributed by atoms with Crippen molar-refractivity contribution < 1.29 is 23.9 Å². The van der Waals surface area contributed by atoms with Gasteiger partial charge in [0.05, 0.1) is 29.1 Å². The van der Waals surface area contributed by atoms with Crippen LogP contribution in [0.2, 0.25) is 0 Å². The maximum atomic E-state index is 11.8. The zero-order valence-corrected chi connectivity index (χ0v) is 16.5. The van der Waals surface area contributed by atoms with Crippen molar-refractivity contribution in [2.45, 2.75) is 19.8 Å². The van der Waals surface area contributed by atoms with Crippen LogP contribution in [0.1, 0.15) is 18.6 Å². The number of ether oxygens (including phenoxy) is 1. The lowest BCUT2D eigenvalue weighted by atomic mass is 10.3. The van der Waals surface area contributed by atoms with Gasteiger partial charge in [-0.25, -0.2) is 9.46 Å². The van der Waals surface area contributed by atoms with Gasteiger partial charge in [-0.3, -0.25) is 0 Å². The van der Waals surface area contributed by atoms with E-state index in [0.717, 1.165) is 0 Å². The molecule has 0 bridgehead atoms. The standard InChI is InChI=1S/C10H11N3O3.C9H9N3O2/c1-16-7-6-10-11-13(15)9-5-3-2-4-8(9)12(10)14;1-2-9-10-12(14)8-6-4-3-5-7(8)11(9)13/h2-5H,6-7H2,1H3;3-6H,2H2,1H3. The normalized spacial score (nSPS) is 10.7. The zero-order valence-electron chi connectivity index (χ0n) is 16.5. The fraction of sp³-hybridized carbons (Fsp3) is 0.263. The van der Waals surface area contributed by atoms with Gasteiger partial charge in [0, 0.05) is 19.2 Å². The Labute approximate surface area is 171 Å². The summed E-state index contributed by atoms with van der Waals surface area (Å²) in [5, 5.41) is 53.6. The Morgan fingerprint density at radius 3 is 1.63 bits per heavy atom. The number of hydrogen-bond acceptors (Lipinski definition) is 7. The Morgan fingerprint density at radius 2 is 1.17 bits per heavy atom. The topological polar surface area (TPSA) is 143 Å². The molecule has 0 aliphatic heterocycles. The molecule has 0 saturated carbocycles. The first-order valence-corrected chi connectivity index (χ1v) is 9.18. The predicted octanol–water partition coefficient (Wildman–Crippen LogP) is -0.245. The van der Waals surface area contributed by atoms with Crippen molar-refractivity contribution in [3.05, 3.63) is 81.0 Å². The molecule has 0 unspecified atom stereocenters. The van der Waals surface area contributed by atoms with Crippen molar-refractivity contribution in [1.82, 2.24) is 10.2 Å². The SMILES string of the molecule is CCc1n[n+]([O-])c2ccccc2[n+]1[O-].COCCc1n[n+]([O-])c2ccccc2[n+]1[O-]. The predicted molar refractivity (Wildman–Crippen MR) is 104 cm³/mol. The summed E-state index contributed by atoms with van der Waals surface area (Å²) < 4.78 is 6.22. The minimum atomic E-state index is 0.163. The van der Waals surface area contributed by atoms with Crippen LogP contribution in [0.3, 0.4) is 0 Å². The molecular formula is C19H20N6O5. The molecule has 2 aromatic heterocycles. The third-order valence-electron chi connectivity index (χ3n) is 4.34. The van der Waals surface area contributed by atoms with Gasteiger partial charge in [0.25, 0.3) is 0 Å². The summed E-state index contributed by atoms with van der Waals surface area (Å²) in [6, 6.07) is 13.1. The molecule has 0 aliphatic carbocycles. The molecule has 2 aromatic carbocycles. The molecular weight excluding hydrogens is 392 g/mol. The highest BCUT2D eigenvalue weighted by Gasteiger charge is 2.21. The van der Waals surface area contributed by atoms with Crippen LogP contribution in [0, 0.1) is 20.8 Å². The number of aromatic nitrogens is 6. The second-order valence-corrected chi connectivity index (χ2v) is 6.24. The van der Waals surface area contributed by atoms with Crippen molar-refractivity contribution in [2.75, 3.05) is 13.7 Å². The number of benzene rings is 2. The van der Waals surface area contributed by atoms with Gasteiger partial charge < -0.3 is 25.6 Å². The maximum absolute atomic E-state index is 11.8. The van der Waals surface area contributed by atoms with Crippen LogP contribution in [0.5, 0.6) is 0 Å². The fourth-order valence-corrected chi connectivity index (χ4v) is 2.83. The molecule has 0 N–H and O–H groups in total. The van der Waals surface area contributed by atoms with Crippen molar-refractivity contribution >= 4 is 22.1 Å². The fourth-order valence-electron chi connectivity index (χ4n) is 2.83. The molecule has 0 spiro atoms. The van der Waals surface area contributed by atoms with Gasteiger partial charge in [0.15, 0.2) is 0 Å². The van der Waals surface area contributed by atoms with Crippen LogP contribution in [0.4, 0.5) is 0 Å². The van der Waals surface area contributed by atoms with E-state index in [-0.39, 0.29) is 17.2 Å². The van der Waals surface area contributed by atoms with E-state index in [1.165, 1.54) is 7.11 Å². The van der Waals surface area contributed by atoms with Crippen LogP contribution in [-0.2, 0) is 17.6 Å². The smallest absolute Gasteiger partial charge is 0.379 e. The van der Waals surface area contributed by atoms with E-state index in [4.69, 9.17) is 4.74 Å². The molecule has 0 amide bonds. The Balaban J connectivity index is 0.000000172. The summed E-state index contributed by atoms with van der Waals surface area (Å²) in [5.41, 5.74) is 1.23. The molecule has 156 valence electrons. The third kappa shape index (κ3) is 4.10. The van der Waals surface area contributed by atoms with E-state index in [0.29, 0.717) is 55.1 Å². The number of rotatable bonds is 4. The summed E-state index contributed by atoms with van der Waals surface area (Å²) in [5.74, 6) is 0.397. The van der Waals surface area contributed by atoms with Gasteiger partial charge in [0.1, 0.15) is 0 Å². The second-order valence-electron chi connectivity index (χ2n) is 6.24. The molecule has 0 aliphatic rings. The van der Waals surface area contributed by atoms with E-state index in [1.54, 1.807) is 55.5 Å². The average Bonchev–Trinajstić information content (AvgIpc) is 2.78. The highest BCUT2D eigenvalue weighted by atomic mass is 16.5. The van der Waals surface area contributed by atoms with Gasteiger partial charge in [-0.2, -0.15) is 0 Å². The Bertz CT molecular complexity index is 1190. The summed E-state index contributed by atoms with van der Waals surface area (Å²) in [6.45, 7) is 2.14. The number of nitrogens with zero attached hydrogens (tertiary/aromatic N) is 6. The highest BCUT2D eigenvalue weighted by molar-refractivity contribution is 5.67. The van der Waals surface area contributed by atoms with Crippen LogP contribution >= 0.6 is 0 Å². The Morgan fingerprint density at radius 1 is 0.733 bits per heavy atom. The van der Waals surface area contributed by atoms with Gasteiger partial charge in [-0.1, -0.05) is 31.2 Å². The van der Waals surface area contributed by atoms with E-state index < -0.39 is 0 Å². The lowest BCUT2D eigenvalue weighted by Crippen LogP contribution is -2.45. The Kier molecular flexibility index (Phi) is 6.32. The molecule has 4 aromatic rings. The van der Waals surface area contributed by atoms with E-state index in [1.807, 2.05) is 0 Å². The van der Waals surface area contributed by atoms with Crippen molar-refractivity contribution in [2.24, 2.45) is 0 Å². The van der Waals surface area contributed by atoms with Crippen LogP contribution < -0.4 is 19.2 Å². The van der Waals surface area contributed by atoms with E-state index in [9.17, 15) is 20.8 Å². The highest BCUT2D eigenvalue weighted by Crippen LogP contribution is 2.04. The molecule has 4 rings (SSSR count). The minimum absolute atomic E-state index is 0.163. The first-order valence-electron chi connectivity index (χ1n) is 9.18. The largest absolute Gasteiger partial charge is 0.710 e. The molecule has 11 nitrogen and oxygen atoms in total. The number of fused-ring (bicyclic) bond motifs is 2. The molecule has 2 heterocycles. The lowest BCUT2D eigenvalue weighted by Gasteiger charge is -2.06. The maximum Gasteiger partial charge on any atom is 0.379 e. The lowest BCUT2D eigenvalue weighted by molar-refractivity contribution is -0.685. The third-order valence-corrected chi connectivity index (χ3v) is 4.34. The van der Waals surface area contributed by atoms with Crippen LogP contribution in [-0.4, -0.2) is 23.9 Å². The zero-order chi connectivity index (χ0) is 21.7. The van der Waals surface area contributed by atoms with Crippen molar-refractivity contribution in [3.63, 3.8) is 0 Å². The molecule has 30 heavy (non-hydrogen) atoms. The number of aryl methyl sites for hydroxylation is 1. The number of para-hydroxylation sites is 4. The van der Waals surface area contributed by atoms with E-state index in [2.05, 4.69) is 10.2 Å². The first kappa shape index (κ1) is 20.9. The van der Waals surface area contributed by atoms with E-state index >= 15 is 0 Å². The monoisotopic (exact) mass is 412 g/mol. The molecule has 0 atom stereocenters.